The number of Topliss-reactive ketones (excluding diaryl/α,β-unsaturated/α-hetero) is 1. The minimum atomic E-state index is -0.637. The highest BCUT2D eigenvalue weighted by Gasteiger charge is 2.36. The van der Waals surface area contributed by atoms with E-state index in [2.05, 4.69) is 26.0 Å². The molecule has 0 aromatic heterocycles. The van der Waals surface area contributed by atoms with Crippen LogP contribution in [0.25, 0.3) is 0 Å². The third kappa shape index (κ3) is 6.17. The Hall–Kier alpha value is -4.13. The number of ketones is 1. The number of carbonyl (C=O) groups is 3. The van der Waals surface area contributed by atoms with Crippen molar-refractivity contribution in [3.8, 4) is 17.2 Å². The maximum Gasteiger partial charge on any atom is 0.311 e. The second-order valence-electron chi connectivity index (χ2n) is 9.46. The Morgan fingerprint density at radius 2 is 1.76 bits per heavy atom. The molecule has 7 nitrogen and oxygen atoms in total. The minimum Gasteiger partial charge on any atom is -0.497 e. The molecule has 3 aromatic rings. The van der Waals surface area contributed by atoms with Crippen molar-refractivity contribution in [2.45, 2.75) is 33.1 Å². The first-order chi connectivity index (χ1) is 17.7. The molecule has 0 aliphatic carbocycles. The van der Waals surface area contributed by atoms with Crippen molar-refractivity contribution >= 4 is 23.3 Å². The number of methoxy groups -OCH3 is 1. The van der Waals surface area contributed by atoms with Gasteiger partial charge in [0.25, 0.3) is 0 Å². The van der Waals surface area contributed by atoms with E-state index in [1.54, 1.807) is 41.3 Å². The average Bonchev–Trinajstić information content (AvgIpc) is 3.29. The molecule has 0 N–H and O–H groups in total. The van der Waals surface area contributed by atoms with Crippen LogP contribution < -0.4 is 14.4 Å². The lowest BCUT2D eigenvalue weighted by Gasteiger charge is -2.18. The zero-order valence-corrected chi connectivity index (χ0v) is 21.5. The van der Waals surface area contributed by atoms with E-state index in [0.717, 1.165) is 16.9 Å². The highest BCUT2D eigenvalue weighted by molar-refractivity contribution is 6.01. The van der Waals surface area contributed by atoms with E-state index < -0.39 is 11.9 Å². The Kier molecular flexibility index (Phi) is 7.92. The molecular weight excluding hydrogens is 470 g/mol. The maximum atomic E-state index is 12.7. The number of carbonyl (C=O) groups excluding carboxylic acids is 3. The van der Waals surface area contributed by atoms with Crippen LogP contribution in [-0.4, -0.2) is 37.9 Å². The normalized spacial score (nSPS) is 15.1. The van der Waals surface area contributed by atoms with E-state index in [0.29, 0.717) is 28.7 Å². The monoisotopic (exact) mass is 501 g/mol. The molecule has 1 aliphatic rings. The smallest absolute Gasteiger partial charge is 0.311 e. The largest absolute Gasteiger partial charge is 0.497 e. The van der Waals surface area contributed by atoms with Gasteiger partial charge < -0.3 is 19.1 Å². The summed E-state index contributed by atoms with van der Waals surface area (Å²) >= 11 is 0. The maximum absolute atomic E-state index is 12.7. The zero-order chi connectivity index (χ0) is 26.5. The minimum absolute atomic E-state index is 0.0332. The van der Waals surface area contributed by atoms with Gasteiger partial charge in [0.1, 0.15) is 17.2 Å². The number of benzene rings is 3. The highest BCUT2D eigenvalue weighted by Crippen LogP contribution is 2.33. The third-order valence-corrected chi connectivity index (χ3v) is 6.36. The summed E-state index contributed by atoms with van der Waals surface area (Å²) in [5, 5.41) is 0. The molecule has 37 heavy (non-hydrogen) atoms. The van der Waals surface area contributed by atoms with Crippen molar-refractivity contribution in [2.75, 3.05) is 25.2 Å². The van der Waals surface area contributed by atoms with E-state index in [9.17, 15) is 14.4 Å². The topological polar surface area (TPSA) is 82.1 Å². The molecule has 1 atom stereocenters. The Bertz CT molecular complexity index is 1300. The summed E-state index contributed by atoms with van der Waals surface area (Å²) in [6.07, 6.45) is 0.0332. The number of amides is 1. The second-order valence-corrected chi connectivity index (χ2v) is 9.46. The lowest BCUT2D eigenvalue weighted by atomic mass is 10.0. The Labute approximate surface area is 217 Å². The third-order valence-electron chi connectivity index (χ3n) is 6.36. The molecule has 0 radical (unpaired) electrons. The number of ether oxygens (including phenoxy) is 3. The first-order valence-electron chi connectivity index (χ1n) is 12.3. The van der Waals surface area contributed by atoms with Gasteiger partial charge in [-0.15, -0.1) is 0 Å². The molecule has 1 heterocycles. The molecule has 0 unspecified atom stereocenters. The quantitative estimate of drug-likeness (QED) is 0.276. The summed E-state index contributed by atoms with van der Waals surface area (Å²) in [5.74, 6) is 0.634. The van der Waals surface area contributed by atoms with E-state index in [4.69, 9.17) is 14.2 Å². The van der Waals surface area contributed by atoms with Crippen LogP contribution in [-0.2, 0) is 14.3 Å². The standard InChI is InChI=1S/C30H31NO6/c1-19(2)26-13-8-20(3)14-28(26)37-24-11-9-23(10-12-24)31-17-22(16-29(31)33)30(34)36-18-27(32)21-6-5-7-25(15-21)35-4/h5-15,19,22H,16-18H2,1-4H3/t22-/m0/s1. The fourth-order valence-corrected chi connectivity index (χ4v) is 4.28. The van der Waals surface area contributed by atoms with Crippen LogP contribution >= 0.6 is 0 Å². The van der Waals surface area contributed by atoms with Gasteiger partial charge in [-0.1, -0.05) is 38.1 Å². The van der Waals surface area contributed by atoms with Crippen LogP contribution in [0.3, 0.4) is 0 Å². The van der Waals surface area contributed by atoms with Gasteiger partial charge in [0.15, 0.2) is 12.4 Å². The number of anilines is 1. The predicted octanol–water partition coefficient (Wildman–Crippen LogP) is 5.70. The van der Waals surface area contributed by atoms with Gasteiger partial charge in [-0.05, 0) is 66.4 Å². The molecule has 1 amide bonds. The van der Waals surface area contributed by atoms with Crippen molar-refractivity contribution < 1.29 is 28.6 Å². The summed E-state index contributed by atoms with van der Waals surface area (Å²) in [6.45, 7) is 6.07. The van der Waals surface area contributed by atoms with Gasteiger partial charge in [-0.25, -0.2) is 0 Å². The van der Waals surface area contributed by atoms with Crippen molar-refractivity contribution in [3.05, 3.63) is 83.4 Å². The molecule has 3 aromatic carbocycles. The van der Waals surface area contributed by atoms with Gasteiger partial charge in [0.2, 0.25) is 5.91 Å². The fourth-order valence-electron chi connectivity index (χ4n) is 4.28. The lowest BCUT2D eigenvalue weighted by Crippen LogP contribution is -2.27. The van der Waals surface area contributed by atoms with Crippen molar-refractivity contribution in [1.82, 2.24) is 0 Å². The Morgan fingerprint density at radius 1 is 1.00 bits per heavy atom. The van der Waals surface area contributed by atoms with Crippen LogP contribution in [0, 0.1) is 12.8 Å². The summed E-state index contributed by atoms with van der Waals surface area (Å²) in [7, 11) is 1.51. The van der Waals surface area contributed by atoms with E-state index in [-0.39, 0.29) is 31.3 Å². The van der Waals surface area contributed by atoms with Crippen LogP contribution in [0.5, 0.6) is 17.2 Å². The van der Waals surface area contributed by atoms with Gasteiger partial charge in [0, 0.05) is 24.2 Å². The Morgan fingerprint density at radius 3 is 2.46 bits per heavy atom. The van der Waals surface area contributed by atoms with Gasteiger partial charge >= 0.3 is 5.97 Å². The molecule has 1 saturated heterocycles. The van der Waals surface area contributed by atoms with E-state index >= 15 is 0 Å². The lowest BCUT2D eigenvalue weighted by molar-refractivity contribution is -0.147. The van der Waals surface area contributed by atoms with Crippen LogP contribution in [0.2, 0.25) is 0 Å². The van der Waals surface area contributed by atoms with Crippen molar-refractivity contribution in [2.24, 2.45) is 5.92 Å². The molecule has 0 bridgehead atoms. The molecule has 0 spiro atoms. The zero-order valence-electron chi connectivity index (χ0n) is 21.5. The van der Waals surface area contributed by atoms with Crippen LogP contribution in [0.4, 0.5) is 5.69 Å². The number of aryl methyl sites for hydroxylation is 1. The molecule has 0 saturated carbocycles. The number of hydrogen-bond donors (Lipinski definition) is 0. The molecule has 1 aliphatic heterocycles. The number of nitrogens with zero attached hydrogens (tertiary/aromatic N) is 1. The molecular formula is C30H31NO6. The number of rotatable bonds is 9. The predicted molar refractivity (Wildman–Crippen MR) is 141 cm³/mol. The van der Waals surface area contributed by atoms with Crippen LogP contribution in [0.15, 0.2) is 66.7 Å². The van der Waals surface area contributed by atoms with Crippen molar-refractivity contribution in [1.29, 1.82) is 0 Å². The summed E-state index contributed by atoms with van der Waals surface area (Å²) < 4.78 is 16.5. The first kappa shape index (κ1) is 25.9. The van der Waals surface area contributed by atoms with E-state index in [1.165, 1.54) is 7.11 Å². The molecule has 7 heteroatoms. The fraction of sp³-hybridized carbons (Fsp3) is 0.300. The van der Waals surface area contributed by atoms with Gasteiger partial charge in [0.05, 0.1) is 13.0 Å². The van der Waals surface area contributed by atoms with E-state index in [1.807, 2.05) is 25.1 Å². The summed E-state index contributed by atoms with van der Waals surface area (Å²) in [4.78, 5) is 39.2. The van der Waals surface area contributed by atoms with Crippen LogP contribution in [0.1, 0.15) is 47.7 Å². The molecule has 192 valence electrons. The first-order valence-corrected chi connectivity index (χ1v) is 12.3. The highest BCUT2D eigenvalue weighted by atomic mass is 16.5. The number of hydrogen-bond acceptors (Lipinski definition) is 6. The summed E-state index contributed by atoms with van der Waals surface area (Å²) in [6, 6.07) is 20.0. The van der Waals surface area contributed by atoms with Gasteiger partial charge in [-0.2, -0.15) is 0 Å². The average molecular weight is 502 g/mol. The SMILES string of the molecule is COc1cccc(C(=O)COC(=O)[C@H]2CC(=O)N(c3ccc(Oc4cc(C)ccc4C(C)C)cc3)C2)c1. The molecule has 1 fully saturated rings. The molecule has 4 rings (SSSR count). The Balaban J connectivity index is 1.36. The summed E-state index contributed by atoms with van der Waals surface area (Å²) in [5.41, 5.74) is 3.30. The second kappa shape index (κ2) is 11.3. The van der Waals surface area contributed by atoms with Gasteiger partial charge in [-0.3, -0.25) is 14.4 Å². The number of esters is 1. The van der Waals surface area contributed by atoms with Crippen molar-refractivity contribution in [3.63, 3.8) is 0 Å².